The smallest absolute Gasteiger partial charge is 0.263 e. The minimum Gasteiger partial charge on any atom is -0.496 e. The Kier molecular flexibility index (Phi) is 3.61. The number of anilines is 1. The fourth-order valence-corrected chi connectivity index (χ4v) is 2.17. The van der Waals surface area contributed by atoms with Crippen LogP contribution in [0.1, 0.15) is 10.4 Å². The first-order chi connectivity index (χ1) is 10.7. The van der Waals surface area contributed by atoms with E-state index in [4.69, 9.17) is 9.47 Å². The molecule has 2 aromatic heterocycles. The van der Waals surface area contributed by atoms with Crippen molar-refractivity contribution in [3.63, 3.8) is 0 Å². The maximum atomic E-state index is 12.5. The van der Waals surface area contributed by atoms with Crippen LogP contribution in [-0.4, -0.2) is 34.7 Å². The van der Waals surface area contributed by atoms with E-state index in [1.807, 2.05) is 0 Å². The lowest BCUT2D eigenvalue weighted by molar-refractivity contribution is 0.102. The highest BCUT2D eigenvalue weighted by Gasteiger charge is 2.18. The third kappa shape index (κ3) is 2.44. The molecule has 0 fully saturated rings. The van der Waals surface area contributed by atoms with Crippen molar-refractivity contribution in [2.45, 2.75) is 0 Å². The second-order valence-corrected chi connectivity index (χ2v) is 4.51. The third-order valence-electron chi connectivity index (χ3n) is 3.20. The van der Waals surface area contributed by atoms with Crippen LogP contribution >= 0.6 is 0 Å². The van der Waals surface area contributed by atoms with Gasteiger partial charge in [0.15, 0.2) is 5.65 Å². The molecule has 3 rings (SSSR count). The second kappa shape index (κ2) is 5.72. The number of hydrogen-bond acceptors (Lipinski definition) is 5. The van der Waals surface area contributed by atoms with E-state index >= 15 is 0 Å². The van der Waals surface area contributed by atoms with Crippen molar-refractivity contribution in [2.75, 3.05) is 19.5 Å². The van der Waals surface area contributed by atoms with Gasteiger partial charge in [-0.05, 0) is 24.3 Å². The van der Waals surface area contributed by atoms with Gasteiger partial charge in [-0.1, -0.05) is 6.07 Å². The van der Waals surface area contributed by atoms with Gasteiger partial charge >= 0.3 is 0 Å². The molecule has 0 saturated heterocycles. The fraction of sp³-hybridized carbons (Fsp3) is 0.133. The van der Waals surface area contributed by atoms with Crippen molar-refractivity contribution in [1.29, 1.82) is 0 Å². The van der Waals surface area contributed by atoms with Crippen LogP contribution in [0.25, 0.3) is 5.65 Å². The average molecular weight is 298 g/mol. The van der Waals surface area contributed by atoms with Crippen LogP contribution < -0.4 is 14.8 Å². The minimum absolute atomic E-state index is 0.318. The van der Waals surface area contributed by atoms with Crippen molar-refractivity contribution < 1.29 is 14.3 Å². The van der Waals surface area contributed by atoms with Crippen LogP contribution in [0.15, 0.2) is 42.9 Å². The van der Waals surface area contributed by atoms with Gasteiger partial charge in [-0.15, -0.1) is 10.2 Å². The van der Waals surface area contributed by atoms with Crippen LogP contribution in [-0.2, 0) is 0 Å². The Morgan fingerprint density at radius 3 is 2.55 bits per heavy atom. The number of benzene rings is 1. The van der Waals surface area contributed by atoms with E-state index in [0.717, 1.165) is 0 Å². The maximum Gasteiger partial charge on any atom is 0.263 e. The summed E-state index contributed by atoms with van der Waals surface area (Å²) in [4.78, 5) is 12.5. The van der Waals surface area contributed by atoms with Gasteiger partial charge in [0.1, 0.15) is 23.4 Å². The summed E-state index contributed by atoms with van der Waals surface area (Å²) >= 11 is 0. The molecule has 0 aliphatic carbocycles. The molecule has 0 spiro atoms. The molecule has 22 heavy (non-hydrogen) atoms. The molecule has 0 saturated carbocycles. The lowest BCUT2D eigenvalue weighted by atomic mass is 10.1. The predicted octanol–water partition coefficient (Wildman–Crippen LogP) is 2.00. The molecule has 1 aromatic carbocycles. The van der Waals surface area contributed by atoms with Gasteiger partial charge in [-0.2, -0.15) is 0 Å². The molecule has 0 unspecified atom stereocenters. The number of ether oxygens (including phenoxy) is 2. The minimum atomic E-state index is -0.318. The van der Waals surface area contributed by atoms with Crippen molar-refractivity contribution in [3.05, 3.63) is 48.4 Å². The molecule has 0 aliphatic rings. The molecule has 0 atom stereocenters. The molecule has 3 aromatic rings. The molecule has 0 aliphatic heterocycles. The number of carbonyl (C=O) groups excluding carboxylic acids is 1. The van der Waals surface area contributed by atoms with Crippen molar-refractivity contribution >= 4 is 17.2 Å². The molecule has 112 valence electrons. The van der Waals surface area contributed by atoms with E-state index in [1.165, 1.54) is 14.2 Å². The second-order valence-electron chi connectivity index (χ2n) is 4.51. The van der Waals surface area contributed by atoms with E-state index in [1.54, 1.807) is 47.3 Å². The molecule has 1 amide bonds. The summed E-state index contributed by atoms with van der Waals surface area (Å²) < 4.78 is 12.2. The predicted molar refractivity (Wildman–Crippen MR) is 80.5 cm³/mol. The summed E-state index contributed by atoms with van der Waals surface area (Å²) in [5.41, 5.74) is 1.66. The van der Waals surface area contributed by atoms with E-state index in [9.17, 15) is 4.79 Å². The number of hydrogen-bond donors (Lipinski definition) is 1. The number of carbonyl (C=O) groups is 1. The Morgan fingerprint density at radius 1 is 1.14 bits per heavy atom. The van der Waals surface area contributed by atoms with E-state index in [0.29, 0.717) is 28.4 Å². The number of fused-ring (bicyclic) bond motifs is 1. The highest BCUT2D eigenvalue weighted by Crippen LogP contribution is 2.29. The van der Waals surface area contributed by atoms with Crippen LogP contribution in [0.5, 0.6) is 11.5 Å². The zero-order valence-electron chi connectivity index (χ0n) is 12.1. The molecular formula is C15H14N4O3. The Bertz CT molecular complexity index is 806. The summed E-state index contributed by atoms with van der Waals surface area (Å²) in [7, 11) is 3.02. The number of methoxy groups -OCH3 is 2. The van der Waals surface area contributed by atoms with E-state index in [-0.39, 0.29) is 5.91 Å². The first-order valence-corrected chi connectivity index (χ1v) is 6.54. The van der Waals surface area contributed by atoms with Gasteiger partial charge in [0, 0.05) is 6.20 Å². The zero-order chi connectivity index (χ0) is 15.5. The van der Waals surface area contributed by atoms with Gasteiger partial charge in [-0.25, -0.2) is 0 Å². The number of rotatable bonds is 4. The van der Waals surface area contributed by atoms with Crippen molar-refractivity contribution in [3.8, 4) is 11.5 Å². The third-order valence-corrected chi connectivity index (χ3v) is 3.20. The molecule has 7 heteroatoms. The van der Waals surface area contributed by atoms with Crippen LogP contribution in [0.3, 0.4) is 0 Å². The lowest BCUT2D eigenvalue weighted by Crippen LogP contribution is -2.14. The summed E-state index contributed by atoms with van der Waals surface area (Å²) in [6.45, 7) is 0. The van der Waals surface area contributed by atoms with Crippen molar-refractivity contribution in [2.24, 2.45) is 0 Å². The molecule has 7 nitrogen and oxygen atoms in total. The molecule has 0 bridgehead atoms. The van der Waals surface area contributed by atoms with Gasteiger partial charge in [0.2, 0.25) is 0 Å². The topological polar surface area (TPSA) is 77.8 Å². The number of amides is 1. The molecule has 0 radical (unpaired) electrons. The van der Waals surface area contributed by atoms with E-state index < -0.39 is 0 Å². The number of aromatic nitrogens is 3. The lowest BCUT2D eigenvalue weighted by Gasteiger charge is -2.13. The SMILES string of the molecule is COc1cccc(OC)c1C(=O)Nc1ccc2nncn2c1. The monoisotopic (exact) mass is 298 g/mol. The summed E-state index contributed by atoms with van der Waals surface area (Å²) in [5, 5.41) is 10.5. The van der Waals surface area contributed by atoms with E-state index in [2.05, 4.69) is 15.5 Å². The number of nitrogens with zero attached hydrogens (tertiary/aromatic N) is 3. The quantitative estimate of drug-likeness (QED) is 0.797. The largest absolute Gasteiger partial charge is 0.496 e. The first-order valence-electron chi connectivity index (χ1n) is 6.54. The standard InChI is InChI=1S/C15H14N4O3/c1-21-11-4-3-5-12(22-2)14(11)15(20)17-10-6-7-13-18-16-9-19(13)8-10/h3-9H,1-2H3,(H,17,20). The maximum absolute atomic E-state index is 12.5. The number of pyridine rings is 1. The zero-order valence-corrected chi connectivity index (χ0v) is 12.1. The van der Waals surface area contributed by atoms with Gasteiger partial charge in [-0.3, -0.25) is 9.20 Å². The summed E-state index contributed by atoms with van der Waals surface area (Å²) in [5.74, 6) is 0.575. The first kappa shape index (κ1) is 13.9. The molecular weight excluding hydrogens is 284 g/mol. The molecule has 2 heterocycles. The van der Waals surface area contributed by atoms with Crippen LogP contribution in [0.2, 0.25) is 0 Å². The van der Waals surface area contributed by atoms with Gasteiger partial charge < -0.3 is 14.8 Å². The van der Waals surface area contributed by atoms with Gasteiger partial charge in [0.05, 0.1) is 19.9 Å². The Labute approximate surface area is 126 Å². The Balaban J connectivity index is 1.94. The molecule has 1 N–H and O–H groups in total. The van der Waals surface area contributed by atoms with Crippen LogP contribution in [0, 0.1) is 0 Å². The summed E-state index contributed by atoms with van der Waals surface area (Å²) in [6.07, 6.45) is 3.30. The van der Waals surface area contributed by atoms with Crippen molar-refractivity contribution in [1.82, 2.24) is 14.6 Å². The highest BCUT2D eigenvalue weighted by molar-refractivity contribution is 6.08. The summed E-state index contributed by atoms with van der Waals surface area (Å²) in [6, 6.07) is 8.70. The van der Waals surface area contributed by atoms with Gasteiger partial charge in [0.25, 0.3) is 5.91 Å². The Morgan fingerprint density at radius 2 is 1.86 bits per heavy atom. The van der Waals surface area contributed by atoms with Crippen LogP contribution in [0.4, 0.5) is 5.69 Å². The number of nitrogens with one attached hydrogen (secondary N) is 1. The Hall–Kier alpha value is -3.09. The average Bonchev–Trinajstić information content (AvgIpc) is 3.01. The fourth-order valence-electron chi connectivity index (χ4n) is 2.17. The highest BCUT2D eigenvalue weighted by atomic mass is 16.5. The normalized spacial score (nSPS) is 10.5.